The molecule has 0 atom stereocenters. The summed E-state index contributed by atoms with van der Waals surface area (Å²) in [7, 11) is 1.13. The number of Topliss-reactive ketones (excluding diaryl/α,β-unsaturated/α-hetero) is 1. The van der Waals surface area contributed by atoms with Gasteiger partial charge in [-0.15, -0.1) is 0 Å². The fourth-order valence-electron chi connectivity index (χ4n) is 1.25. The molecule has 7 nitrogen and oxygen atoms in total. The van der Waals surface area contributed by atoms with Crippen molar-refractivity contribution in [2.75, 3.05) is 7.11 Å². The van der Waals surface area contributed by atoms with Crippen LogP contribution in [0.2, 0.25) is 0 Å². The predicted octanol–water partition coefficient (Wildman–Crippen LogP) is 0.953. The Labute approximate surface area is 102 Å². The molecule has 0 bridgehead atoms. The summed E-state index contributed by atoms with van der Waals surface area (Å²) >= 11 is 0. The van der Waals surface area contributed by atoms with Gasteiger partial charge in [0.1, 0.15) is 0 Å². The number of nitrogens with zero attached hydrogens (tertiary/aromatic N) is 2. The van der Waals surface area contributed by atoms with Crippen molar-refractivity contribution in [1.82, 2.24) is 15.2 Å². The number of esters is 1. The number of aromatic nitrogens is 3. The van der Waals surface area contributed by atoms with Gasteiger partial charge in [0.15, 0.2) is 0 Å². The Hall–Kier alpha value is -2.70. The first-order chi connectivity index (χ1) is 8.72. The quantitative estimate of drug-likeness (QED) is 0.491. The summed E-state index contributed by atoms with van der Waals surface area (Å²) < 4.78 is 9.67. The minimum Gasteiger partial charge on any atom is -0.463 e. The highest BCUT2D eigenvalue weighted by Crippen LogP contribution is 2.21. The number of carbonyl (C=O) groups excluding carboxylic acids is 2. The summed E-state index contributed by atoms with van der Waals surface area (Å²) in [6.07, 6.45) is 2.93. The first-order valence-corrected chi connectivity index (χ1v) is 4.97. The van der Waals surface area contributed by atoms with Gasteiger partial charge >= 0.3 is 5.97 Å². The molecule has 0 saturated carbocycles. The number of methoxy groups -OCH3 is 1. The molecule has 0 radical (unpaired) electrons. The lowest BCUT2D eigenvalue weighted by molar-refractivity contribution is -0.135. The van der Waals surface area contributed by atoms with Gasteiger partial charge in [-0.2, -0.15) is 5.10 Å². The molecule has 2 aromatic rings. The van der Waals surface area contributed by atoms with Crippen LogP contribution in [-0.4, -0.2) is 34.0 Å². The van der Waals surface area contributed by atoms with Gasteiger partial charge in [0.2, 0.25) is 11.8 Å². The average Bonchev–Trinajstić information content (AvgIpc) is 2.90. The molecule has 0 fully saturated rings. The highest BCUT2D eigenvalue weighted by Gasteiger charge is 2.22. The molecule has 7 heteroatoms. The molecule has 0 amide bonds. The van der Waals surface area contributed by atoms with Gasteiger partial charge in [0.25, 0.3) is 5.78 Å². The Morgan fingerprint density at radius 1 is 1.28 bits per heavy atom. The molecule has 0 aliphatic rings. The number of carbonyl (C=O) groups is 2. The Bertz CT molecular complexity index is 565. The van der Waals surface area contributed by atoms with Crippen LogP contribution in [0.3, 0.4) is 0 Å². The van der Waals surface area contributed by atoms with Gasteiger partial charge in [-0.1, -0.05) is 0 Å². The number of hydrogen-bond donors (Lipinski definition) is 1. The Kier molecular flexibility index (Phi) is 3.33. The van der Waals surface area contributed by atoms with E-state index in [1.165, 1.54) is 24.5 Å². The number of rotatable bonds is 4. The lowest BCUT2D eigenvalue weighted by Gasteiger charge is -2.06. The van der Waals surface area contributed by atoms with Crippen LogP contribution in [-0.2, 0) is 9.53 Å². The van der Waals surface area contributed by atoms with Crippen LogP contribution in [0.5, 0.6) is 11.8 Å². The zero-order valence-corrected chi connectivity index (χ0v) is 9.41. The van der Waals surface area contributed by atoms with E-state index in [1.54, 1.807) is 6.07 Å². The van der Waals surface area contributed by atoms with Crippen molar-refractivity contribution in [1.29, 1.82) is 0 Å². The lowest BCUT2D eigenvalue weighted by Crippen LogP contribution is -2.16. The monoisotopic (exact) mass is 247 g/mol. The predicted molar refractivity (Wildman–Crippen MR) is 59.2 cm³/mol. The summed E-state index contributed by atoms with van der Waals surface area (Å²) in [6.45, 7) is 0. The Balaban J connectivity index is 2.31. The van der Waals surface area contributed by atoms with Crippen LogP contribution in [0.15, 0.2) is 30.6 Å². The maximum atomic E-state index is 11.7. The number of ketones is 1. The molecule has 0 aliphatic heterocycles. The third kappa shape index (κ3) is 2.34. The maximum Gasteiger partial charge on any atom is 0.379 e. The number of ether oxygens (including phenoxy) is 2. The summed E-state index contributed by atoms with van der Waals surface area (Å²) in [5, 5.41) is 6.25. The van der Waals surface area contributed by atoms with E-state index >= 15 is 0 Å². The first-order valence-electron chi connectivity index (χ1n) is 4.97. The molecule has 0 spiro atoms. The third-order valence-corrected chi connectivity index (χ3v) is 2.07. The van der Waals surface area contributed by atoms with E-state index < -0.39 is 11.8 Å². The number of nitrogens with one attached hydrogen (secondary N) is 1. The fraction of sp³-hybridized carbons (Fsp3) is 0.0909. The molecule has 2 heterocycles. The molecule has 2 aromatic heterocycles. The average molecular weight is 247 g/mol. The maximum absolute atomic E-state index is 11.7. The van der Waals surface area contributed by atoms with E-state index in [2.05, 4.69) is 19.9 Å². The minimum absolute atomic E-state index is 0.0113. The van der Waals surface area contributed by atoms with Crippen molar-refractivity contribution in [2.45, 2.75) is 0 Å². The van der Waals surface area contributed by atoms with Crippen molar-refractivity contribution in [2.24, 2.45) is 0 Å². The fourth-order valence-corrected chi connectivity index (χ4v) is 1.25. The standard InChI is InChI=1S/C11H9N3O4/c1-17-11(16)9(15)7-3-2-5-12-10(7)18-8-4-6-13-14-8/h2-6H,1H3,(H,13,14). The molecule has 0 unspecified atom stereocenters. The molecule has 2 rings (SSSR count). The highest BCUT2D eigenvalue weighted by atomic mass is 16.5. The van der Waals surface area contributed by atoms with E-state index in [-0.39, 0.29) is 11.4 Å². The molecular formula is C11H9N3O4. The van der Waals surface area contributed by atoms with Gasteiger partial charge in [0.05, 0.1) is 18.9 Å². The van der Waals surface area contributed by atoms with Crippen molar-refractivity contribution in [3.05, 3.63) is 36.2 Å². The van der Waals surface area contributed by atoms with E-state index in [0.29, 0.717) is 5.88 Å². The van der Waals surface area contributed by atoms with Gasteiger partial charge in [-0.25, -0.2) is 14.9 Å². The third-order valence-electron chi connectivity index (χ3n) is 2.07. The van der Waals surface area contributed by atoms with Crippen LogP contribution < -0.4 is 4.74 Å². The molecule has 0 aliphatic carbocycles. The van der Waals surface area contributed by atoms with E-state index in [0.717, 1.165) is 7.11 Å². The number of hydrogen-bond acceptors (Lipinski definition) is 6. The Morgan fingerprint density at radius 3 is 2.78 bits per heavy atom. The summed E-state index contributed by atoms with van der Waals surface area (Å²) in [6, 6.07) is 4.51. The SMILES string of the molecule is COC(=O)C(=O)c1cccnc1Oc1ccn[nH]1. The molecule has 1 N–H and O–H groups in total. The highest BCUT2D eigenvalue weighted by molar-refractivity contribution is 6.41. The zero-order valence-electron chi connectivity index (χ0n) is 9.41. The second-order valence-corrected chi connectivity index (χ2v) is 3.20. The Morgan fingerprint density at radius 2 is 2.11 bits per heavy atom. The molecule has 0 aromatic carbocycles. The molecular weight excluding hydrogens is 238 g/mol. The molecule has 0 saturated heterocycles. The largest absolute Gasteiger partial charge is 0.463 e. The van der Waals surface area contributed by atoms with Crippen LogP contribution in [0.4, 0.5) is 0 Å². The topological polar surface area (TPSA) is 94.2 Å². The van der Waals surface area contributed by atoms with Gasteiger partial charge in [-0.3, -0.25) is 4.79 Å². The summed E-state index contributed by atoms with van der Waals surface area (Å²) in [4.78, 5) is 26.8. The number of pyridine rings is 1. The summed E-state index contributed by atoms with van der Waals surface area (Å²) in [5.74, 6) is -1.47. The lowest BCUT2D eigenvalue weighted by atomic mass is 10.2. The van der Waals surface area contributed by atoms with Gasteiger partial charge < -0.3 is 9.47 Å². The van der Waals surface area contributed by atoms with E-state index in [9.17, 15) is 9.59 Å². The van der Waals surface area contributed by atoms with E-state index in [1.807, 2.05) is 0 Å². The number of H-pyrrole nitrogens is 1. The summed E-state index contributed by atoms with van der Waals surface area (Å²) in [5.41, 5.74) is 0.0268. The normalized spacial score (nSPS) is 9.83. The smallest absolute Gasteiger partial charge is 0.379 e. The van der Waals surface area contributed by atoms with Crippen molar-refractivity contribution < 1.29 is 19.1 Å². The van der Waals surface area contributed by atoms with Crippen molar-refractivity contribution in [3.63, 3.8) is 0 Å². The van der Waals surface area contributed by atoms with Crippen molar-refractivity contribution >= 4 is 11.8 Å². The van der Waals surface area contributed by atoms with Crippen molar-refractivity contribution in [3.8, 4) is 11.8 Å². The second-order valence-electron chi connectivity index (χ2n) is 3.20. The minimum atomic E-state index is -0.975. The van der Waals surface area contributed by atoms with Crippen LogP contribution in [0.25, 0.3) is 0 Å². The second kappa shape index (κ2) is 5.09. The molecule has 18 heavy (non-hydrogen) atoms. The van der Waals surface area contributed by atoms with Gasteiger partial charge in [0, 0.05) is 12.3 Å². The van der Waals surface area contributed by atoms with Crippen LogP contribution >= 0.6 is 0 Å². The number of aromatic amines is 1. The first kappa shape index (κ1) is 11.8. The van der Waals surface area contributed by atoms with Crippen LogP contribution in [0, 0.1) is 0 Å². The van der Waals surface area contributed by atoms with E-state index in [4.69, 9.17) is 4.74 Å². The van der Waals surface area contributed by atoms with Crippen LogP contribution in [0.1, 0.15) is 10.4 Å². The van der Waals surface area contributed by atoms with Gasteiger partial charge in [-0.05, 0) is 12.1 Å². The zero-order chi connectivity index (χ0) is 13.0. The molecule has 92 valence electrons.